The van der Waals surface area contributed by atoms with Gasteiger partial charge in [0.25, 0.3) is 5.91 Å². The summed E-state index contributed by atoms with van der Waals surface area (Å²) in [5.74, 6) is -0.356. The van der Waals surface area contributed by atoms with Crippen LogP contribution in [0.2, 0.25) is 5.02 Å². The predicted octanol–water partition coefficient (Wildman–Crippen LogP) is 5.03. The lowest BCUT2D eigenvalue weighted by atomic mass is 10.2. The Morgan fingerprint density at radius 3 is 2.54 bits per heavy atom. The number of benzene rings is 2. The molecule has 0 aromatic heterocycles. The van der Waals surface area contributed by atoms with Crippen molar-refractivity contribution in [3.63, 3.8) is 0 Å². The van der Waals surface area contributed by atoms with Gasteiger partial charge in [-0.15, -0.1) is 11.8 Å². The first-order chi connectivity index (χ1) is 12.3. The van der Waals surface area contributed by atoms with Crippen LogP contribution in [0.25, 0.3) is 0 Å². The third kappa shape index (κ3) is 4.61. The molecule has 0 spiro atoms. The summed E-state index contributed by atoms with van der Waals surface area (Å²) in [4.78, 5) is 13.6. The number of amides is 1. The summed E-state index contributed by atoms with van der Waals surface area (Å²) in [7, 11) is -3.50. The zero-order chi connectivity index (χ0) is 18.7. The molecule has 3 rings (SSSR count). The first-order valence-corrected chi connectivity index (χ1v) is 11.6. The fourth-order valence-corrected chi connectivity index (χ4v) is 5.61. The van der Waals surface area contributed by atoms with Crippen LogP contribution in [0.1, 0.15) is 36.0 Å². The smallest absolute Gasteiger partial charge is 0.255 e. The molecule has 4 nitrogen and oxygen atoms in total. The molecule has 1 N–H and O–H groups in total. The first-order valence-electron chi connectivity index (χ1n) is 8.41. The summed E-state index contributed by atoms with van der Waals surface area (Å²) >= 11 is 7.75. The van der Waals surface area contributed by atoms with E-state index in [4.69, 9.17) is 11.6 Å². The summed E-state index contributed by atoms with van der Waals surface area (Å²) in [5.41, 5.74) is 1.00. The molecule has 1 aliphatic rings. The highest BCUT2D eigenvalue weighted by Crippen LogP contribution is 2.38. The number of thioether (sulfide) groups is 1. The fraction of sp³-hybridized carbons (Fsp3) is 0.316. The van der Waals surface area contributed by atoms with E-state index in [1.165, 1.54) is 43.9 Å². The zero-order valence-electron chi connectivity index (χ0n) is 14.4. The van der Waals surface area contributed by atoms with Gasteiger partial charge in [0.15, 0.2) is 9.84 Å². The molecule has 0 atom stereocenters. The van der Waals surface area contributed by atoms with Crippen molar-refractivity contribution in [2.75, 3.05) is 11.6 Å². The van der Waals surface area contributed by atoms with Crippen LogP contribution in [-0.4, -0.2) is 25.8 Å². The summed E-state index contributed by atoms with van der Waals surface area (Å²) in [6.45, 7) is 0. The Bertz CT molecular complexity index is 922. The van der Waals surface area contributed by atoms with Crippen molar-refractivity contribution in [3.8, 4) is 0 Å². The molecule has 2 aromatic rings. The van der Waals surface area contributed by atoms with Crippen LogP contribution in [0, 0.1) is 0 Å². The zero-order valence-corrected chi connectivity index (χ0v) is 16.8. The number of carbonyl (C=O) groups excluding carboxylic acids is 1. The molecule has 1 fully saturated rings. The van der Waals surface area contributed by atoms with Crippen molar-refractivity contribution in [3.05, 3.63) is 53.1 Å². The van der Waals surface area contributed by atoms with Gasteiger partial charge < -0.3 is 5.32 Å². The Morgan fingerprint density at radius 1 is 1.15 bits per heavy atom. The van der Waals surface area contributed by atoms with Gasteiger partial charge in [-0.25, -0.2) is 8.42 Å². The maximum absolute atomic E-state index is 12.6. The second-order valence-corrected chi connectivity index (χ2v) is 10.1. The summed E-state index contributed by atoms with van der Waals surface area (Å²) in [5, 5.41) is 3.60. The maximum atomic E-state index is 12.6. The second-order valence-electron chi connectivity index (χ2n) is 6.39. The lowest BCUT2D eigenvalue weighted by Crippen LogP contribution is -2.14. The van der Waals surface area contributed by atoms with Crippen molar-refractivity contribution in [1.82, 2.24) is 0 Å². The lowest BCUT2D eigenvalue weighted by Gasteiger charge is -2.14. The van der Waals surface area contributed by atoms with E-state index in [1.807, 2.05) is 24.3 Å². The lowest BCUT2D eigenvalue weighted by molar-refractivity contribution is 0.102. The van der Waals surface area contributed by atoms with Crippen LogP contribution in [0.3, 0.4) is 0 Å². The van der Waals surface area contributed by atoms with E-state index >= 15 is 0 Å². The molecule has 138 valence electrons. The monoisotopic (exact) mass is 409 g/mol. The normalized spacial score (nSPS) is 15.2. The Labute approximate surface area is 163 Å². The van der Waals surface area contributed by atoms with E-state index < -0.39 is 9.84 Å². The predicted molar refractivity (Wildman–Crippen MR) is 107 cm³/mol. The number of hydrogen-bond donors (Lipinski definition) is 1. The number of rotatable bonds is 5. The van der Waals surface area contributed by atoms with Gasteiger partial charge >= 0.3 is 0 Å². The van der Waals surface area contributed by atoms with E-state index in [-0.39, 0.29) is 21.4 Å². The standard InChI is InChI=1S/C19H20ClNO3S2/c1-26(23,24)18-12-13(10-11-15(18)20)19(22)21-16-8-4-5-9-17(16)25-14-6-2-3-7-14/h4-5,8-12,14H,2-3,6-7H2,1H3,(H,21,22). The number of sulfone groups is 1. The number of nitrogens with one attached hydrogen (secondary N) is 1. The number of carbonyl (C=O) groups is 1. The average Bonchev–Trinajstić information content (AvgIpc) is 3.09. The number of anilines is 1. The van der Waals surface area contributed by atoms with Crippen LogP contribution in [0.5, 0.6) is 0 Å². The molecule has 0 saturated heterocycles. The summed E-state index contributed by atoms with van der Waals surface area (Å²) in [6, 6.07) is 12.0. The molecule has 0 radical (unpaired) electrons. The van der Waals surface area contributed by atoms with Gasteiger partial charge in [-0.05, 0) is 43.2 Å². The molecular formula is C19H20ClNO3S2. The molecular weight excluding hydrogens is 390 g/mol. The largest absolute Gasteiger partial charge is 0.321 e. The number of para-hydroxylation sites is 1. The highest BCUT2D eigenvalue weighted by Gasteiger charge is 2.19. The van der Waals surface area contributed by atoms with E-state index in [2.05, 4.69) is 5.32 Å². The van der Waals surface area contributed by atoms with Crippen LogP contribution in [0.15, 0.2) is 52.3 Å². The van der Waals surface area contributed by atoms with Crippen molar-refractivity contribution in [2.24, 2.45) is 0 Å². The van der Waals surface area contributed by atoms with Gasteiger partial charge in [0, 0.05) is 22.0 Å². The molecule has 0 heterocycles. The van der Waals surface area contributed by atoms with Gasteiger partial charge in [0.05, 0.1) is 15.6 Å². The van der Waals surface area contributed by atoms with Gasteiger partial charge in [-0.1, -0.05) is 36.6 Å². The van der Waals surface area contributed by atoms with Crippen LogP contribution in [0.4, 0.5) is 5.69 Å². The minimum atomic E-state index is -3.50. The van der Waals surface area contributed by atoms with Gasteiger partial charge in [-0.3, -0.25) is 4.79 Å². The topological polar surface area (TPSA) is 63.2 Å². The van der Waals surface area contributed by atoms with Crippen molar-refractivity contribution in [1.29, 1.82) is 0 Å². The van der Waals surface area contributed by atoms with Gasteiger partial charge in [0.2, 0.25) is 0 Å². The van der Waals surface area contributed by atoms with E-state index in [9.17, 15) is 13.2 Å². The average molecular weight is 410 g/mol. The third-order valence-electron chi connectivity index (χ3n) is 4.32. The minimum absolute atomic E-state index is 0.0413. The quantitative estimate of drug-likeness (QED) is 0.752. The molecule has 1 saturated carbocycles. The Balaban J connectivity index is 1.82. The highest BCUT2D eigenvalue weighted by atomic mass is 35.5. The van der Waals surface area contributed by atoms with E-state index in [0.29, 0.717) is 5.25 Å². The molecule has 2 aromatic carbocycles. The number of hydrogen-bond acceptors (Lipinski definition) is 4. The Hall–Kier alpha value is -1.50. The maximum Gasteiger partial charge on any atom is 0.255 e. The molecule has 0 aliphatic heterocycles. The summed E-state index contributed by atoms with van der Waals surface area (Å²) < 4.78 is 23.6. The minimum Gasteiger partial charge on any atom is -0.321 e. The SMILES string of the molecule is CS(=O)(=O)c1cc(C(=O)Nc2ccccc2SC2CCCC2)ccc1Cl. The van der Waals surface area contributed by atoms with Crippen LogP contribution in [-0.2, 0) is 9.84 Å². The van der Waals surface area contributed by atoms with Gasteiger partial charge in [-0.2, -0.15) is 0 Å². The molecule has 7 heteroatoms. The van der Waals surface area contributed by atoms with Crippen molar-refractivity contribution < 1.29 is 13.2 Å². The molecule has 1 amide bonds. The fourth-order valence-electron chi connectivity index (χ4n) is 2.98. The van der Waals surface area contributed by atoms with Crippen LogP contribution < -0.4 is 5.32 Å². The number of halogens is 1. The van der Waals surface area contributed by atoms with E-state index in [1.54, 1.807) is 11.8 Å². The second kappa shape index (κ2) is 8.03. The molecule has 26 heavy (non-hydrogen) atoms. The van der Waals surface area contributed by atoms with Gasteiger partial charge in [0.1, 0.15) is 0 Å². The first kappa shape index (κ1) is 19.3. The van der Waals surface area contributed by atoms with Crippen molar-refractivity contribution in [2.45, 2.75) is 40.7 Å². The Kier molecular flexibility index (Phi) is 5.95. The third-order valence-corrected chi connectivity index (χ3v) is 7.32. The van der Waals surface area contributed by atoms with E-state index in [0.717, 1.165) is 16.8 Å². The Morgan fingerprint density at radius 2 is 1.85 bits per heavy atom. The molecule has 1 aliphatic carbocycles. The summed E-state index contributed by atoms with van der Waals surface area (Å²) in [6.07, 6.45) is 5.98. The van der Waals surface area contributed by atoms with Crippen LogP contribution >= 0.6 is 23.4 Å². The molecule has 0 bridgehead atoms. The highest BCUT2D eigenvalue weighted by molar-refractivity contribution is 8.00. The van der Waals surface area contributed by atoms with Crippen molar-refractivity contribution >= 4 is 44.8 Å². The molecule has 0 unspecified atom stereocenters.